The molecule has 2 saturated heterocycles. The summed E-state index contributed by atoms with van der Waals surface area (Å²) in [6.45, 7) is 6.79. The van der Waals surface area contributed by atoms with Gasteiger partial charge in [-0.1, -0.05) is 18.2 Å². The summed E-state index contributed by atoms with van der Waals surface area (Å²) in [6.07, 6.45) is -0.959. The fourth-order valence-corrected chi connectivity index (χ4v) is 6.20. The number of nitrogens with zero attached hydrogens (tertiary/aromatic N) is 5. The monoisotopic (exact) mass is 554 g/mol. The predicted octanol–water partition coefficient (Wildman–Crippen LogP) is 4.69. The number of carbonyl (C=O) groups is 1. The first kappa shape index (κ1) is 26.6. The van der Waals surface area contributed by atoms with Crippen molar-refractivity contribution in [3.05, 3.63) is 53.1 Å². The number of rotatable bonds is 5. The van der Waals surface area contributed by atoms with Crippen LogP contribution in [0.15, 0.2) is 30.3 Å². The molecular formula is C29H33F3N6O2. The lowest BCUT2D eigenvalue weighted by Crippen LogP contribution is -2.60. The van der Waals surface area contributed by atoms with Gasteiger partial charge in [0.1, 0.15) is 29.8 Å². The lowest BCUT2D eigenvalue weighted by molar-refractivity contribution is -0.136. The van der Waals surface area contributed by atoms with Crippen LogP contribution in [0.1, 0.15) is 49.2 Å². The third-order valence-corrected chi connectivity index (χ3v) is 8.34. The Labute approximate surface area is 231 Å². The molecule has 40 heavy (non-hydrogen) atoms. The van der Waals surface area contributed by atoms with Gasteiger partial charge in [-0.15, -0.1) is 0 Å². The fraction of sp³-hybridized carbons (Fsp3) is 0.483. The Morgan fingerprint density at radius 3 is 2.70 bits per heavy atom. The lowest BCUT2D eigenvalue weighted by Gasteiger charge is -2.46. The Kier molecular flexibility index (Phi) is 6.93. The first-order chi connectivity index (χ1) is 19.2. The number of hydrogen-bond donors (Lipinski definition) is 1. The van der Waals surface area contributed by atoms with E-state index in [2.05, 4.69) is 25.1 Å². The topological polar surface area (TPSA) is 73.8 Å². The standard InChI is InChI=1S/C29H33F3N6O2/c1-16(19-6-4-7-20(26(19)30)27(31)32)33-28-21-12-24-25(13-22(21)34-17(2)35-28)40-15-18-14-37(10-11-38(18)24)29(39)23-8-5-9-36(23)3/h4,6-7,12-13,16,18,23,27H,5,8-11,14-15H2,1-3H3,(H,33,34,35)/t16-,18-,23+/m1/s1. The molecule has 1 aromatic heterocycles. The fourth-order valence-electron chi connectivity index (χ4n) is 6.20. The summed E-state index contributed by atoms with van der Waals surface area (Å²) in [5.41, 5.74) is 1.07. The number of nitrogens with one attached hydrogen (secondary N) is 1. The van der Waals surface area contributed by atoms with E-state index in [0.29, 0.717) is 49.1 Å². The van der Waals surface area contributed by atoms with E-state index in [1.54, 1.807) is 13.8 Å². The highest BCUT2D eigenvalue weighted by atomic mass is 19.3. The van der Waals surface area contributed by atoms with Crippen LogP contribution in [0.25, 0.3) is 10.9 Å². The molecule has 0 aliphatic carbocycles. The summed E-state index contributed by atoms with van der Waals surface area (Å²) in [4.78, 5) is 28.8. The molecule has 11 heteroatoms. The van der Waals surface area contributed by atoms with E-state index in [9.17, 15) is 18.0 Å². The van der Waals surface area contributed by atoms with Gasteiger partial charge in [-0.2, -0.15) is 0 Å². The second kappa shape index (κ2) is 10.4. The molecule has 0 spiro atoms. The Hall–Kier alpha value is -3.60. The minimum absolute atomic E-state index is 0.0160. The van der Waals surface area contributed by atoms with Crippen molar-refractivity contribution < 1.29 is 22.7 Å². The van der Waals surface area contributed by atoms with Crippen molar-refractivity contribution in [2.45, 2.75) is 51.2 Å². The van der Waals surface area contributed by atoms with E-state index in [0.717, 1.165) is 36.5 Å². The van der Waals surface area contributed by atoms with Gasteiger partial charge < -0.3 is 19.9 Å². The summed E-state index contributed by atoms with van der Waals surface area (Å²) in [5, 5.41) is 3.95. The molecule has 1 N–H and O–H groups in total. The number of anilines is 2. The van der Waals surface area contributed by atoms with Crippen LogP contribution in [-0.4, -0.2) is 77.6 Å². The van der Waals surface area contributed by atoms with E-state index in [1.165, 1.54) is 12.1 Å². The number of hydrogen-bond acceptors (Lipinski definition) is 7. The van der Waals surface area contributed by atoms with Crippen molar-refractivity contribution in [1.82, 2.24) is 19.8 Å². The molecule has 0 bridgehead atoms. The number of carbonyl (C=O) groups excluding carboxylic acids is 1. The third kappa shape index (κ3) is 4.70. The van der Waals surface area contributed by atoms with Gasteiger partial charge in [0.2, 0.25) is 5.91 Å². The average molecular weight is 555 g/mol. The minimum atomic E-state index is -2.90. The van der Waals surface area contributed by atoms with Crippen LogP contribution in [0.4, 0.5) is 24.7 Å². The zero-order chi connectivity index (χ0) is 28.1. The number of likely N-dealkylation sites (tertiary alicyclic amines) is 1. The molecule has 3 atom stereocenters. The zero-order valence-electron chi connectivity index (χ0n) is 22.8. The quantitative estimate of drug-likeness (QED) is 0.491. The number of alkyl halides is 2. The molecule has 4 heterocycles. The molecule has 6 rings (SSSR count). The van der Waals surface area contributed by atoms with Gasteiger partial charge >= 0.3 is 0 Å². The van der Waals surface area contributed by atoms with Crippen molar-refractivity contribution in [2.24, 2.45) is 0 Å². The van der Waals surface area contributed by atoms with Crippen molar-refractivity contribution in [2.75, 3.05) is 50.1 Å². The third-order valence-electron chi connectivity index (χ3n) is 8.34. The Balaban J connectivity index is 1.28. The Morgan fingerprint density at radius 2 is 1.95 bits per heavy atom. The summed E-state index contributed by atoms with van der Waals surface area (Å²) in [5.74, 6) is 0.988. The van der Waals surface area contributed by atoms with E-state index in [4.69, 9.17) is 4.74 Å². The molecule has 3 aliphatic rings. The van der Waals surface area contributed by atoms with E-state index in [1.807, 2.05) is 24.1 Å². The van der Waals surface area contributed by atoms with Crippen molar-refractivity contribution in [3.63, 3.8) is 0 Å². The highest BCUT2D eigenvalue weighted by molar-refractivity contribution is 5.94. The molecule has 0 saturated carbocycles. The molecule has 212 valence electrons. The van der Waals surface area contributed by atoms with E-state index >= 15 is 0 Å². The van der Waals surface area contributed by atoms with Gasteiger partial charge in [0.25, 0.3) is 6.43 Å². The van der Waals surface area contributed by atoms with E-state index in [-0.39, 0.29) is 23.6 Å². The second-order valence-corrected chi connectivity index (χ2v) is 11.0. The maximum absolute atomic E-state index is 14.9. The first-order valence-corrected chi connectivity index (χ1v) is 13.7. The molecule has 3 aliphatic heterocycles. The maximum atomic E-state index is 14.9. The second-order valence-electron chi connectivity index (χ2n) is 11.0. The summed E-state index contributed by atoms with van der Waals surface area (Å²) in [7, 11) is 2.01. The summed E-state index contributed by atoms with van der Waals surface area (Å²) >= 11 is 0. The van der Waals surface area contributed by atoms with Crippen molar-refractivity contribution in [3.8, 4) is 5.75 Å². The molecule has 1 amide bonds. The summed E-state index contributed by atoms with van der Waals surface area (Å²) < 4.78 is 47.6. The highest BCUT2D eigenvalue weighted by Gasteiger charge is 2.38. The van der Waals surface area contributed by atoms with Crippen LogP contribution >= 0.6 is 0 Å². The smallest absolute Gasteiger partial charge is 0.266 e. The molecular weight excluding hydrogens is 521 g/mol. The molecule has 2 aromatic carbocycles. The zero-order valence-corrected chi connectivity index (χ0v) is 22.8. The van der Waals surface area contributed by atoms with Gasteiger partial charge in [-0.05, 0) is 46.3 Å². The number of halogens is 3. The number of piperazine rings is 1. The van der Waals surface area contributed by atoms with Gasteiger partial charge in [-0.25, -0.2) is 23.1 Å². The number of amides is 1. The van der Waals surface area contributed by atoms with Crippen LogP contribution in [-0.2, 0) is 4.79 Å². The largest absolute Gasteiger partial charge is 0.489 e. The van der Waals surface area contributed by atoms with E-state index < -0.39 is 23.8 Å². The first-order valence-electron chi connectivity index (χ1n) is 13.7. The molecule has 2 fully saturated rings. The van der Waals surface area contributed by atoms with Crippen molar-refractivity contribution in [1.29, 1.82) is 0 Å². The minimum Gasteiger partial charge on any atom is -0.489 e. The lowest BCUT2D eigenvalue weighted by atomic mass is 10.0. The number of aryl methyl sites for hydroxylation is 1. The number of aromatic nitrogens is 2. The number of ether oxygens (including phenoxy) is 1. The number of likely N-dealkylation sites (N-methyl/N-ethyl adjacent to an activating group) is 1. The van der Waals surface area contributed by atoms with Gasteiger partial charge in [0, 0.05) is 36.7 Å². The summed E-state index contributed by atoms with van der Waals surface area (Å²) in [6, 6.07) is 7.23. The average Bonchev–Trinajstić information content (AvgIpc) is 3.36. The molecule has 0 unspecified atom stereocenters. The highest BCUT2D eigenvalue weighted by Crippen LogP contribution is 2.40. The van der Waals surface area contributed by atoms with Crippen LogP contribution in [0, 0.1) is 12.7 Å². The Morgan fingerprint density at radius 1 is 1.15 bits per heavy atom. The predicted molar refractivity (Wildman–Crippen MR) is 147 cm³/mol. The van der Waals surface area contributed by atoms with Crippen LogP contribution in [0.3, 0.4) is 0 Å². The molecule has 3 aromatic rings. The van der Waals surface area contributed by atoms with Gasteiger partial charge in [0.05, 0.1) is 34.9 Å². The SMILES string of the molecule is Cc1nc(N[C@H](C)c2cccc(C(F)F)c2F)c2cc3c(cc2n1)OC[C@H]1CN(C(=O)[C@@H]2CCCN2C)CCN31. The molecule has 8 nitrogen and oxygen atoms in total. The normalized spacial score (nSPS) is 21.8. The van der Waals surface area contributed by atoms with Crippen LogP contribution < -0.4 is 15.0 Å². The Bertz CT molecular complexity index is 1450. The number of benzene rings is 2. The van der Waals surface area contributed by atoms with Crippen LogP contribution in [0.5, 0.6) is 5.75 Å². The van der Waals surface area contributed by atoms with Crippen LogP contribution in [0.2, 0.25) is 0 Å². The number of fused-ring (bicyclic) bond motifs is 4. The maximum Gasteiger partial charge on any atom is 0.266 e. The van der Waals surface area contributed by atoms with Gasteiger partial charge in [0.15, 0.2) is 0 Å². The molecule has 0 radical (unpaired) electrons. The van der Waals surface area contributed by atoms with Crippen molar-refractivity contribution >= 4 is 28.3 Å². The van der Waals surface area contributed by atoms with Gasteiger partial charge in [-0.3, -0.25) is 9.69 Å².